The molecule has 5 nitrogen and oxygen atoms in total. The lowest BCUT2D eigenvalue weighted by molar-refractivity contribution is 0.141. The van der Waals surface area contributed by atoms with Gasteiger partial charge in [0, 0.05) is 25.5 Å². The molecule has 2 aromatic carbocycles. The van der Waals surface area contributed by atoms with E-state index in [4.69, 9.17) is 9.47 Å². The molecule has 0 unspecified atom stereocenters. The van der Waals surface area contributed by atoms with Crippen LogP contribution < -0.4 is 0 Å². The van der Waals surface area contributed by atoms with E-state index in [9.17, 15) is 0 Å². The fraction of sp³-hybridized carbons (Fsp3) is 0.333. The van der Waals surface area contributed by atoms with Gasteiger partial charge in [-0.05, 0) is 11.6 Å². The number of pyridine rings is 1. The van der Waals surface area contributed by atoms with Crippen LogP contribution >= 0.6 is 0 Å². The van der Waals surface area contributed by atoms with Crippen molar-refractivity contribution in [3.8, 4) is 0 Å². The highest BCUT2D eigenvalue weighted by atomic mass is 16.5. The van der Waals surface area contributed by atoms with Gasteiger partial charge in [-0.25, -0.2) is 4.98 Å². The third-order valence-corrected chi connectivity index (χ3v) is 4.64. The first-order valence-electron chi connectivity index (χ1n) is 10.2. The molecule has 4 aromatic rings. The van der Waals surface area contributed by atoms with Crippen molar-refractivity contribution in [2.24, 2.45) is 0 Å². The molecule has 0 fully saturated rings. The summed E-state index contributed by atoms with van der Waals surface area (Å²) in [6, 6.07) is 18.3. The van der Waals surface area contributed by atoms with Gasteiger partial charge >= 0.3 is 0 Å². The van der Waals surface area contributed by atoms with E-state index in [1.165, 1.54) is 16.5 Å². The molecule has 2 aromatic heterocycles. The Bertz CT molecular complexity index is 1030. The van der Waals surface area contributed by atoms with Gasteiger partial charge in [-0.1, -0.05) is 62.4 Å². The predicted molar refractivity (Wildman–Crippen MR) is 118 cm³/mol. The zero-order chi connectivity index (χ0) is 20.5. The molecule has 1 aliphatic rings. The van der Waals surface area contributed by atoms with Crippen LogP contribution in [0.15, 0.2) is 60.8 Å². The van der Waals surface area contributed by atoms with Crippen molar-refractivity contribution in [3.63, 3.8) is 0 Å². The molecule has 5 heteroatoms. The fourth-order valence-electron chi connectivity index (χ4n) is 3.40. The molecule has 0 saturated carbocycles. The van der Waals surface area contributed by atoms with Crippen LogP contribution in [0, 0.1) is 0 Å². The minimum atomic E-state index is 0.709. The molecule has 1 aliphatic heterocycles. The second-order valence-electron chi connectivity index (χ2n) is 6.47. The molecule has 0 amide bonds. The highest BCUT2D eigenvalue weighted by Crippen LogP contribution is 2.25. The molecule has 0 spiro atoms. The standard InChI is InChI=1S/C14H13N3O.C8H10O.C2H6/c1-2-4-11-10(3-1)14-12(9-15-11)16-13-5-7-18-8-6-17(13)14;1-9-7-8-5-3-2-4-6-8;1-2/h1-4,9H,5-8H2;2-6H,7H2,1H3;1-2H3. The van der Waals surface area contributed by atoms with Crippen LogP contribution in [0.4, 0.5) is 0 Å². The van der Waals surface area contributed by atoms with E-state index in [1.807, 2.05) is 62.5 Å². The summed E-state index contributed by atoms with van der Waals surface area (Å²) in [7, 11) is 1.70. The van der Waals surface area contributed by atoms with Crippen LogP contribution in [-0.4, -0.2) is 34.9 Å². The lowest BCUT2D eigenvalue weighted by Gasteiger charge is -2.05. The summed E-state index contributed by atoms with van der Waals surface area (Å²) in [5.74, 6) is 1.11. The smallest absolute Gasteiger partial charge is 0.112 e. The van der Waals surface area contributed by atoms with Crippen molar-refractivity contribution >= 4 is 21.9 Å². The minimum absolute atomic E-state index is 0.709. The Labute approximate surface area is 172 Å². The topological polar surface area (TPSA) is 49.2 Å². The van der Waals surface area contributed by atoms with E-state index < -0.39 is 0 Å². The molecule has 5 rings (SSSR count). The average molecular weight is 392 g/mol. The molecule has 29 heavy (non-hydrogen) atoms. The summed E-state index contributed by atoms with van der Waals surface area (Å²) in [6.45, 7) is 7.10. The zero-order valence-corrected chi connectivity index (χ0v) is 17.5. The molecule has 0 radical (unpaired) electrons. The lowest BCUT2D eigenvalue weighted by Crippen LogP contribution is -2.03. The largest absolute Gasteiger partial charge is 0.380 e. The minimum Gasteiger partial charge on any atom is -0.380 e. The van der Waals surface area contributed by atoms with Gasteiger partial charge in [0.1, 0.15) is 11.3 Å². The summed E-state index contributed by atoms with van der Waals surface area (Å²) >= 11 is 0. The van der Waals surface area contributed by atoms with Crippen molar-refractivity contribution in [1.82, 2.24) is 14.5 Å². The quantitative estimate of drug-likeness (QED) is 0.482. The first-order valence-corrected chi connectivity index (χ1v) is 10.2. The van der Waals surface area contributed by atoms with Gasteiger partial charge in [-0.3, -0.25) is 4.98 Å². The van der Waals surface area contributed by atoms with Crippen LogP contribution in [0.3, 0.4) is 0 Å². The van der Waals surface area contributed by atoms with E-state index >= 15 is 0 Å². The average Bonchev–Trinajstić information content (AvgIpc) is 2.98. The van der Waals surface area contributed by atoms with E-state index in [0.717, 1.165) is 43.0 Å². The van der Waals surface area contributed by atoms with E-state index in [2.05, 4.69) is 26.7 Å². The van der Waals surface area contributed by atoms with Crippen molar-refractivity contribution in [1.29, 1.82) is 0 Å². The SMILES string of the molecule is CC.COCc1ccccc1.c1ccc2c(c1)ncc1nc3n(c12)CCOCC3. The Hall–Kier alpha value is -2.76. The van der Waals surface area contributed by atoms with Gasteiger partial charge < -0.3 is 14.0 Å². The maximum Gasteiger partial charge on any atom is 0.112 e. The molecule has 152 valence electrons. The van der Waals surface area contributed by atoms with Crippen LogP contribution in [0.2, 0.25) is 0 Å². The van der Waals surface area contributed by atoms with Gasteiger partial charge in [-0.2, -0.15) is 0 Å². The second kappa shape index (κ2) is 10.7. The Kier molecular flexibility index (Phi) is 7.73. The summed E-state index contributed by atoms with van der Waals surface area (Å²) in [4.78, 5) is 9.15. The molecule has 0 aliphatic carbocycles. The number of benzene rings is 2. The van der Waals surface area contributed by atoms with Crippen LogP contribution in [0.5, 0.6) is 0 Å². The maximum atomic E-state index is 5.52. The van der Waals surface area contributed by atoms with Crippen molar-refractivity contribution in [2.45, 2.75) is 33.4 Å². The fourth-order valence-corrected chi connectivity index (χ4v) is 3.40. The van der Waals surface area contributed by atoms with Gasteiger partial charge in [0.15, 0.2) is 0 Å². The Balaban J connectivity index is 0.000000186. The zero-order valence-electron chi connectivity index (χ0n) is 17.5. The first kappa shape index (κ1) is 21.0. The highest BCUT2D eigenvalue weighted by molar-refractivity contribution is 6.02. The number of aromatic nitrogens is 3. The van der Waals surface area contributed by atoms with Crippen molar-refractivity contribution < 1.29 is 9.47 Å². The van der Waals surface area contributed by atoms with E-state index in [1.54, 1.807) is 7.11 Å². The number of hydrogen-bond acceptors (Lipinski definition) is 4. The molecular formula is C24H29N3O2. The number of ether oxygens (including phenoxy) is 2. The van der Waals surface area contributed by atoms with Gasteiger partial charge in [0.2, 0.25) is 0 Å². The number of para-hydroxylation sites is 1. The van der Waals surface area contributed by atoms with Gasteiger partial charge in [0.05, 0.1) is 37.1 Å². The Morgan fingerprint density at radius 3 is 2.52 bits per heavy atom. The van der Waals surface area contributed by atoms with Crippen LogP contribution in [0.25, 0.3) is 21.9 Å². The number of fused-ring (bicyclic) bond motifs is 5. The third-order valence-electron chi connectivity index (χ3n) is 4.64. The van der Waals surface area contributed by atoms with Gasteiger partial charge in [0.25, 0.3) is 0 Å². The maximum absolute atomic E-state index is 5.52. The van der Waals surface area contributed by atoms with Crippen molar-refractivity contribution in [2.75, 3.05) is 20.3 Å². The summed E-state index contributed by atoms with van der Waals surface area (Å²) in [5, 5.41) is 1.18. The number of hydrogen-bond donors (Lipinski definition) is 0. The van der Waals surface area contributed by atoms with Crippen LogP contribution in [-0.2, 0) is 29.0 Å². The van der Waals surface area contributed by atoms with Gasteiger partial charge in [-0.15, -0.1) is 0 Å². The highest BCUT2D eigenvalue weighted by Gasteiger charge is 2.15. The summed E-state index contributed by atoms with van der Waals surface area (Å²) < 4.78 is 12.7. The number of rotatable bonds is 2. The molecule has 0 atom stereocenters. The normalized spacial score (nSPS) is 12.9. The number of methoxy groups -OCH3 is 1. The Morgan fingerprint density at radius 2 is 1.72 bits per heavy atom. The molecule has 0 saturated heterocycles. The molecule has 3 heterocycles. The van der Waals surface area contributed by atoms with Crippen molar-refractivity contribution in [3.05, 3.63) is 72.2 Å². The van der Waals surface area contributed by atoms with E-state index in [0.29, 0.717) is 6.61 Å². The summed E-state index contributed by atoms with van der Waals surface area (Å²) in [5.41, 5.74) is 4.43. The number of nitrogens with zero attached hydrogens (tertiary/aromatic N) is 3. The monoisotopic (exact) mass is 391 g/mol. The van der Waals surface area contributed by atoms with E-state index in [-0.39, 0.29) is 0 Å². The first-order chi connectivity index (χ1) is 14.4. The predicted octanol–water partition coefficient (Wildman–Crippen LogP) is 5.02. The molecule has 0 N–H and O–H groups in total. The second-order valence-corrected chi connectivity index (χ2v) is 6.47. The third kappa shape index (κ3) is 5.00. The lowest BCUT2D eigenvalue weighted by atomic mass is 10.2. The molecule has 0 bridgehead atoms. The van der Waals surface area contributed by atoms with Crippen LogP contribution in [0.1, 0.15) is 25.2 Å². The number of imidazole rings is 1. The molecular weight excluding hydrogens is 362 g/mol. The summed E-state index contributed by atoms with van der Waals surface area (Å²) in [6.07, 6.45) is 2.75. The Morgan fingerprint density at radius 1 is 0.966 bits per heavy atom.